The maximum atomic E-state index is 12.1. The van der Waals surface area contributed by atoms with E-state index < -0.39 is 6.10 Å². The topological polar surface area (TPSA) is 72.8 Å². The second kappa shape index (κ2) is 33.8. The third kappa shape index (κ3) is 33.6. The lowest BCUT2D eigenvalue weighted by atomic mass is 10.0. The van der Waals surface area contributed by atoms with Crippen molar-refractivity contribution < 1.29 is 24.2 Å². The smallest absolute Gasteiger partial charge is 0.306 e. The van der Waals surface area contributed by atoms with Crippen LogP contribution in [-0.4, -0.2) is 36.4 Å². The number of ether oxygens (including phenoxy) is 2. The van der Waals surface area contributed by atoms with Crippen LogP contribution in [0.4, 0.5) is 0 Å². The third-order valence-corrected chi connectivity index (χ3v) is 8.58. The van der Waals surface area contributed by atoms with Gasteiger partial charge in [-0.3, -0.25) is 9.59 Å². The Morgan fingerprint density at radius 3 is 1.23 bits per heavy atom. The molecule has 5 nitrogen and oxygen atoms in total. The third-order valence-electron chi connectivity index (χ3n) is 8.58. The number of carbonyl (C=O) groups is 2. The summed E-state index contributed by atoms with van der Waals surface area (Å²) in [4.78, 5) is 24.2. The minimum absolute atomic E-state index is 0.0579. The second-order valence-electron chi connectivity index (χ2n) is 13.5. The van der Waals surface area contributed by atoms with Crippen molar-refractivity contribution >= 4 is 11.9 Å². The Hall–Kier alpha value is -1.10. The summed E-state index contributed by atoms with van der Waals surface area (Å²) in [6.07, 6.45) is 34.4. The lowest BCUT2D eigenvalue weighted by Crippen LogP contribution is -2.28. The van der Waals surface area contributed by atoms with Gasteiger partial charge in [-0.05, 0) is 18.8 Å². The Balaban J connectivity index is 3.51. The van der Waals surface area contributed by atoms with Gasteiger partial charge >= 0.3 is 11.9 Å². The van der Waals surface area contributed by atoms with E-state index in [1.165, 1.54) is 141 Å². The van der Waals surface area contributed by atoms with Gasteiger partial charge in [-0.15, -0.1) is 0 Å². The first-order valence-electron chi connectivity index (χ1n) is 19.0. The highest BCUT2D eigenvalue weighted by Crippen LogP contribution is 2.16. The van der Waals surface area contributed by atoms with Crippen LogP contribution in [-0.2, 0) is 19.1 Å². The maximum Gasteiger partial charge on any atom is 0.306 e. The summed E-state index contributed by atoms with van der Waals surface area (Å²) in [5.74, 6) is 0.263. The molecule has 1 atom stereocenters. The molecule has 0 aromatic carbocycles. The molecule has 1 N–H and O–H groups in total. The Labute approximate surface area is 268 Å². The van der Waals surface area contributed by atoms with E-state index in [0.717, 1.165) is 38.0 Å². The molecule has 256 valence electrons. The van der Waals surface area contributed by atoms with Gasteiger partial charge < -0.3 is 14.6 Å². The average molecular weight is 611 g/mol. The van der Waals surface area contributed by atoms with Crippen LogP contribution in [0.5, 0.6) is 0 Å². The van der Waals surface area contributed by atoms with Crippen LogP contribution in [0.3, 0.4) is 0 Å². The lowest BCUT2D eigenvalue weighted by molar-refractivity contribution is -0.161. The van der Waals surface area contributed by atoms with Gasteiger partial charge in [0.25, 0.3) is 0 Å². The molecule has 0 saturated heterocycles. The molecule has 0 aromatic rings. The standard InChI is InChI=1S/C38H74O5/c1-4-5-6-7-8-9-10-11-12-16-19-22-25-28-31-37(40)42-34-36(33-39)43-38(41)32-29-26-23-20-17-14-13-15-18-21-24-27-30-35(2)3/h35-36,39H,4-34H2,1-3H3/t36-/m0/s1. The van der Waals surface area contributed by atoms with E-state index in [2.05, 4.69) is 20.8 Å². The summed E-state index contributed by atoms with van der Waals surface area (Å²) < 4.78 is 10.6. The minimum atomic E-state index is -0.761. The van der Waals surface area contributed by atoms with Crippen LogP contribution in [0.1, 0.15) is 207 Å². The summed E-state index contributed by atoms with van der Waals surface area (Å²) in [6, 6.07) is 0. The summed E-state index contributed by atoms with van der Waals surface area (Å²) >= 11 is 0. The van der Waals surface area contributed by atoms with Gasteiger partial charge in [-0.25, -0.2) is 0 Å². The SMILES string of the molecule is CCCCCCCCCCCCCCCCC(=O)OC[C@H](CO)OC(=O)CCCCCCCCCCCCCCC(C)C. The number of rotatable bonds is 34. The number of aliphatic hydroxyl groups excluding tert-OH is 1. The van der Waals surface area contributed by atoms with Crippen molar-refractivity contribution in [3.63, 3.8) is 0 Å². The van der Waals surface area contributed by atoms with Crippen LogP contribution in [0.15, 0.2) is 0 Å². The van der Waals surface area contributed by atoms with Crippen LogP contribution in [0.2, 0.25) is 0 Å². The molecule has 0 aromatic heterocycles. The first-order valence-corrected chi connectivity index (χ1v) is 19.0. The molecule has 0 radical (unpaired) electrons. The van der Waals surface area contributed by atoms with Crippen molar-refractivity contribution in [3.05, 3.63) is 0 Å². The van der Waals surface area contributed by atoms with Gasteiger partial charge in [0.15, 0.2) is 6.10 Å². The highest BCUT2D eigenvalue weighted by atomic mass is 16.6. The number of aliphatic hydroxyl groups is 1. The van der Waals surface area contributed by atoms with Gasteiger partial charge in [0.1, 0.15) is 6.61 Å². The van der Waals surface area contributed by atoms with E-state index in [9.17, 15) is 14.7 Å². The lowest BCUT2D eigenvalue weighted by Gasteiger charge is -2.15. The molecule has 0 bridgehead atoms. The molecule has 0 heterocycles. The Morgan fingerprint density at radius 2 is 0.860 bits per heavy atom. The van der Waals surface area contributed by atoms with Crippen LogP contribution in [0, 0.1) is 5.92 Å². The maximum absolute atomic E-state index is 12.1. The predicted octanol–water partition coefficient (Wildman–Crippen LogP) is 11.4. The first-order chi connectivity index (χ1) is 21.0. The van der Waals surface area contributed by atoms with Gasteiger partial charge in [-0.1, -0.05) is 181 Å². The highest BCUT2D eigenvalue weighted by Gasteiger charge is 2.16. The Kier molecular flexibility index (Phi) is 32.9. The Bertz CT molecular complexity index is 591. The van der Waals surface area contributed by atoms with Gasteiger partial charge in [0.2, 0.25) is 0 Å². The molecule has 0 aliphatic carbocycles. The molecular weight excluding hydrogens is 536 g/mol. The molecule has 43 heavy (non-hydrogen) atoms. The van der Waals surface area contributed by atoms with Crippen molar-refractivity contribution in [2.45, 2.75) is 213 Å². The largest absolute Gasteiger partial charge is 0.462 e. The molecule has 0 fully saturated rings. The van der Waals surface area contributed by atoms with E-state index >= 15 is 0 Å². The highest BCUT2D eigenvalue weighted by molar-refractivity contribution is 5.70. The van der Waals surface area contributed by atoms with E-state index in [4.69, 9.17) is 9.47 Å². The van der Waals surface area contributed by atoms with Crippen molar-refractivity contribution in [2.24, 2.45) is 5.92 Å². The number of hydrogen-bond acceptors (Lipinski definition) is 5. The first kappa shape index (κ1) is 41.9. The summed E-state index contributed by atoms with van der Waals surface area (Å²) in [7, 11) is 0. The van der Waals surface area contributed by atoms with Crippen LogP contribution < -0.4 is 0 Å². The molecule has 0 aliphatic heterocycles. The fraction of sp³-hybridized carbons (Fsp3) is 0.947. The zero-order valence-electron chi connectivity index (χ0n) is 29.2. The van der Waals surface area contributed by atoms with E-state index in [1.807, 2.05) is 0 Å². The molecule has 0 saturated carbocycles. The van der Waals surface area contributed by atoms with Crippen molar-refractivity contribution in [1.82, 2.24) is 0 Å². The van der Waals surface area contributed by atoms with Crippen molar-refractivity contribution in [1.29, 1.82) is 0 Å². The molecular formula is C38H74O5. The monoisotopic (exact) mass is 611 g/mol. The molecule has 0 amide bonds. The molecule has 0 spiro atoms. The second-order valence-corrected chi connectivity index (χ2v) is 13.5. The van der Waals surface area contributed by atoms with Crippen molar-refractivity contribution in [3.8, 4) is 0 Å². The average Bonchev–Trinajstić information content (AvgIpc) is 2.99. The van der Waals surface area contributed by atoms with E-state index in [0.29, 0.717) is 12.8 Å². The molecule has 0 rings (SSSR count). The van der Waals surface area contributed by atoms with E-state index in [1.54, 1.807) is 0 Å². The zero-order chi connectivity index (χ0) is 31.6. The predicted molar refractivity (Wildman–Crippen MR) is 182 cm³/mol. The zero-order valence-corrected chi connectivity index (χ0v) is 29.2. The fourth-order valence-corrected chi connectivity index (χ4v) is 5.68. The number of hydrogen-bond donors (Lipinski definition) is 1. The van der Waals surface area contributed by atoms with Gasteiger partial charge in [0.05, 0.1) is 6.61 Å². The van der Waals surface area contributed by atoms with Gasteiger partial charge in [0, 0.05) is 12.8 Å². The molecule has 0 unspecified atom stereocenters. The molecule has 0 aliphatic rings. The molecule has 5 heteroatoms. The summed E-state index contributed by atoms with van der Waals surface area (Å²) in [6.45, 7) is 6.50. The number of esters is 2. The fourth-order valence-electron chi connectivity index (χ4n) is 5.68. The number of carbonyl (C=O) groups excluding carboxylic acids is 2. The van der Waals surface area contributed by atoms with Crippen LogP contribution >= 0.6 is 0 Å². The van der Waals surface area contributed by atoms with Crippen LogP contribution in [0.25, 0.3) is 0 Å². The Morgan fingerprint density at radius 1 is 0.512 bits per heavy atom. The minimum Gasteiger partial charge on any atom is -0.462 e. The van der Waals surface area contributed by atoms with E-state index in [-0.39, 0.29) is 25.2 Å². The summed E-state index contributed by atoms with van der Waals surface area (Å²) in [5, 5.41) is 9.53. The number of unbranched alkanes of at least 4 members (excludes halogenated alkanes) is 24. The quantitative estimate of drug-likeness (QED) is 0.0579. The normalized spacial score (nSPS) is 12.1. The van der Waals surface area contributed by atoms with Gasteiger partial charge in [-0.2, -0.15) is 0 Å². The summed E-state index contributed by atoms with van der Waals surface area (Å²) in [5.41, 5.74) is 0. The van der Waals surface area contributed by atoms with Crippen molar-refractivity contribution in [2.75, 3.05) is 13.2 Å².